The Bertz CT molecular complexity index is 1010. The number of ether oxygens (including phenoxy) is 2. The molecule has 38 heavy (non-hydrogen) atoms. The van der Waals surface area contributed by atoms with Crippen LogP contribution >= 0.6 is 7.92 Å². The third kappa shape index (κ3) is 6.27. The number of rotatable bonds is 9. The van der Waals surface area contributed by atoms with Crippen LogP contribution in [-0.4, -0.2) is 25.5 Å². The van der Waals surface area contributed by atoms with Gasteiger partial charge in [0, 0.05) is 11.4 Å². The Balaban J connectivity index is 2.06. The summed E-state index contributed by atoms with van der Waals surface area (Å²) in [4.78, 5) is 0. The van der Waals surface area contributed by atoms with Gasteiger partial charge in [-0.3, -0.25) is 0 Å². The van der Waals surface area contributed by atoms with Gasteiger partial charge in [0.05, 0.1) is 14.2 Å². The highest BCUT2D eigenvalue weighted by Gasteiger charge is 2.37. The Kier molecular flexibility index (Phi) is 10.2. The molecule has 0 bridgehead atoms. The molecule has 0 saturated heterocycles. The Morgan fingerprint density at radius 1 is 0.632 bits per heavy atom. The molecule has 2 fully saturated rings. The molecule has 4 rings (SSSR count). The minimum atomic E-state index is -0.345. The standard InChI is InChI=1S/C35H53O2P/c1-23(2)26-19-30(24(3)4)34(31(20-26)25(5)6)32-21-27(36-7)22-33(37-8)35(32)38(28-15-11-9-12-16-28)29-17-13-10-14-18-29/h19-25,28-29H,9-18H2,1-8H3. The average Bonchev–Trinajstić information content (AvgIpc) is 2.93. The van der Waals surface area contributed by atoms with Crippen LogP contribution in [0.3, 0.4) is 0 Å². The van der Waals surface area contributed by atoms with Crippen molar-refractivity contribution in [3.05, 3.63) is 41.0 Å². The molecule has 0 aromatic heterocycles. The molecule has 0 radical (unpaired) electrons. The van der Waals surface area contributed by atoms with Crippen molar-refractivity contribution in [2.24, 2.45) is 0 Å². The van der Waals surface area contributed by atoms with Gasteiger partial charge in [-0.25, -0.2) is 0 Å². The molecule has 0 N–H and O–H groups in total. The van der Waals surface area contributed by atoms with E-state index in [0.717, 1.165) is 22.8 Å². The molecule has 2 saturated carbocycles. The van der Waals surface area contributed by atoms with Crippen LogP contribution in [0.2, 0.25) is 0 Å². The van der Waals surface area contributed by atoms with Crippen molar-refractivity contribution in [1.82, 2.24) is 0 Å². The zero-order chi connectivity index (χ0) is 27.4. The summed E-state index contributed by atoms with van der Waals surface area (Å²) < 4.78 is 12.2. The molecule has 2 aromatic carbocycles. The SMILES string of the molecule is COc1cc(OC)c(P(C2CCCCC2)C2CCCCC2)c(-c2c(C(C)C)cc(C(C)C)cc2C(C)C)c1. The smallest absolute Gasteiger partial charge is 0.130 e. The average molecular weight is 537 g/mol. The molecule has 2 nitrogen and oxygen atoms in total. The van der Waals surface area contributed by atoms with E-state index < -0.39 is 0 Å². The summed E-state index contributed by atoms with van der Waals surface area (Å²) in [5.74, 6) is 3.39. The lowest BCUT2D eigenvalue weighted by molar-refractivity contribution is 0.396. The maximum absolute atomic E-state index is 6.31. The van der Waals surface area contributed by atoms with E-state index in [1.54, 1.807) is 12.4 Å². The van der Waals surface area contributed by atoms with Crippen molar-refractivity contribution in [2.45, 2.75) is 135 Å². The van der Waals surface area contributed by atoms with Gasteiger partial charge >= 0.3 is 0 Å². The van der Waals surface area contributed by atoms with Crippen molar-refractivity contribution < 1.29 is 9.47 Å². The second-order valence-corrected chi connectivity index (χ2v) is 15.5. The van der Waals surface area contributed by atoms with Crippen LogP contribution in [0.15, 0.2) is 24.3 Å². The highest BCUT2D eigenvalue weighted by Crippen LogP contribution is 2.59. The lowest BCUT2D eigenvalue weighted by Crippen LogP contribution is -2.28. The van der Waals surface area contributed by atoms with Crippen LogP contribution in [0.1, 0.15) is 140 Å². The van der Waals surface area contributed by atoms with Gasteiger partial charge in [-0.05, 0) is 88.6 Å². The largest absolute Gasteiger partial charge is 0.497 e. The van der Waals surface area contributed by atoms with Crippen LogP contribution < -0.4 is 14.8 Å². The van der Waals surface area contributed by atoms with Gasteiger partial charge in [-0.1, -0.05) is 100 Å². The Hall–Kier alpha value is -1.53. The summed E-state index contributed by atoms with van der Waals surface area (Å²) in [6, 6.07) is 9.58. The minimum absolute atomic E-state index is 0.345. The van der Waals surface area contributed by atoms with Crippen LogP contribution in [0.4, 0.5) is 0 Å². The van der Waals surface area contributed by atoms with Crippen molar-refractivity contribution in [3.63, 3.8) is 0 Å². The van der Waals surface area contributed by atoms with Crippen molar-refractivity contribution in [2.75, 3.05) is 14.2 Å². The lowest BCUT2D eigenvalue weighted by Gasteiger charge is -2.40. The molecule has 0 heterocycles. The summed E-state index contributed by atoms with van der Waals surface area (Å²) in [7, 11) is 3.34. The van der Waals surface area contributed by atoms with Crippen molar-refractivity contribution >= 4 is 13.2 Å². The zero-order valence-corrected chi connectivity index (χ0v) is 26.4. The Morgan fingerprint density at radius 2 is 1.13 bits per heavy atom. The predicted octanol–water partition coefficient (Wildman–Crippen LogP) is 10.5. The number of benzene rings is 2. The topological polar surface area (TPSA) is 18.5 Å². The molecular weight excluding hydrogens is 483 g/mol. The molecule has 2 aromatic rings. The van der Waals surface area contributed by atoms with Crippen LogP contribution in [0.5, 0.6) is 11.5 Å². The second kappa shape index (κ2) is 13.2. The summed E-state index contributed by atoms with van der Waals surface area (Å²) in [6.07, 6.45) is 13.9. The monoisotopic (exact) mass is 536 g/mol. The first-order chi connectivity index (χ1) is 18.3. The normalized spacial score (nSPS) is 17.7. The summed E-state index contributed by atoms with van der Waals surface area (Å²) in [5.41, 5.74) is 8.92. The van der Waals surface area contributed by atoms with Crippen LogP contribution in [0, 0.1) is 0 Å². The summed E-state index contributed by atoms with van der Waals surface area (Å²) in [5, 5.41) is 1.54. The van der Waals surface area contributed by atoms with E-state index in [1.165, 1.54) is 92.0 Å². The van der Waals surface area contributed by atoms with Crippen LogP contribution in [0.25, 0.3) is 11.1 Å². The number of methoxy groups -OCH3 is 2. The first-order valence-electron chi connectivity index (χ1n) is 15.5. The Morgan fingerprint density at radius 3 is 1.53 bits per heavy atom. The second-order valence-electron chi connectivity index (χ2n) is 12.8. The van der Waals surface area contributed by atoms with E-state index in [0.29, 0.717) is 17.8 Å². The fraction of sp³-hybridized carbons (Fsp3) is 0.657. The molecule has 2 aliphatic rings. The molecule has 2 aliphatic carbocycles. The highest BCUT2D eigenvalue weighted by atomic mass is 31.1. The maximum Gasteiger partial charge on any atom is 0.130 e. The highest BCUT2D eigenvalue weighted by molar-refractivity contribution is 7.67. The zero-order valence-electron chi connectivity index (χ0n) is 25.5. The third-order valence-corrected chi connectivity index (χ3v) is 12.7. The van der Waals surface area contributed by atoms with Gasteiger partial charge in [0.2, 0.25) is 0 Å². The van der Waals surface area contributed by atoms with E-state index in [-0.39, 0.29) is 7.92 Å². The lowest BCUT2D eigenvalue weighted by atomic mass is 9.81. The number of hydrogen-bond donors (Lipinski definition) is 0. The first kappa shape index (κ1) is 29.5. The maximum atomic E-state index is 6.31. The number of hydrogen-bond acceptors (Lipinski definition) is 2. The summed E-state index contributed by atoms with van der Waals surface area (Å²) >= 11 is 0. The molecule has 0 aliphatic heterocycles. The molecule has 0 atom stereocenters. The third-order valence-electron chi connectivity index (χ3n) is 9.10. The fourth-order valence-electron chi connectivity index (χ4n) is 6.96. The van der Waals surface area contributed by atoms with Crippen LogP contribution in [-0.2, 0) is 0 Å². The van der Waals surface area contributed by atoms with E-state index in [9.17, 15) is 0 Å². The quantitative estimate of drug-likeness (QED) is 0.297. The molecule has 0 unspecified atom stereocenters. The van der Waals surface area contributed by atoms with Gasteiger partial charge in [0.25, 0.3) is 0 Å². The molecule has 0 spiro atoms. The fourth-order valence-corrected chi connectivity index (χ4v) is 11.0. The van der Waals surface area contributed by atoms with Gasteiger partial charge in [0.1, 0.15) is 11.5 Å². The van der Waals surface area contributed by atoms with Gasteiger partial charge < -0.3 is 9.47 Å². The minimum Gasteiger partial charge on any atom is -0.497 e. The van der Waals surface area contributed by atoms with Gasteiger partial charge in [-0.2, -0.15) is 0 Å². The van der Waals surface area contributed by atoms with E-state index in [4.69, 9.17) is 9.47 Å². The van der Waals surface area contributed by atoms with Crippen molar-refractivity contribution in [1.29, 1.82) is 0 Å². The molecule has 210 valence electrons. The predicted molar refractivity (Wildman–Crippen MR) is 168 cm³/mol. The Labute approximate surface area is 235 Å². The van der Waals surface area contributed by atoms with Gasteiger partial charge in [-0.15, -0.1) is 0 Å². The van der Waals surface area contributed by atoms with E-state index >= 15 is 0 Å². The van der Waals surface area contributed by atoms with E-state index in [2.05, 4.69) is 65.8 Å². The molecule has 0 amide bonds. The van der Waals surface area contributed by atoms with Crippen molar-refractivity contribution in [3.8, 4) is 22.6 Å². The first-order valence-corrected chi connectivity index (χ1v) is 17.0. The van der Waals surface area contributed by atoms with Gasteiger partial charge in [0.15, 0.2) is 0 Å². The molecule has 3 heteroatoms. The van der Waals surface area contributed by atoms with E-state index in [1.807, 2.05) is 7.11 Å². The molecular formula is C35H53O2P. The summed E-state index contributed by atoms with van der Waals surface area (Å²) in [6.45, 7) is 14.1.